The molecule has 7 nitrogen and oxygen atoms in total. The molecule has 3 atom stereocenters. The van der Waals surface area contributed by atoms with Gasteiger partial charge in [-0.15, -0.1) is 0 Å². The van der Waals surface area contributed by atoms with E-state index in [-0.39, 0.29) is 22.4 Å². The van der Waals surface area contributed by atoms with E-state index in [9.17, 15) is 16.8 Å². The Morgan fingerprint density at radius 1 is 1.00 bits per heavy atom. The Morgan fingerprint density at radius 3 is 2.21 bits per heavy atom. The van der Waals surface area contributed by atoms with Crippen LogP contribution in [-0.2, 0) is 19.7 Å². The van der Waals surface area contributed by atoms with Gasteiger partial charge in [0.1, 0.15) is 5.75 Å². The van der Waals surface area contributed by atoms with Crippen molar-refractivity contribution in [3.05, 3.63) is 60.2 Å². The maximum atomic E-state index is 13.4. The lowest BCUT2D eigenvalue weighted by molar-refractivity contribution is 0.209. The lowest BCUT2D eigenvalue weighted by Crippen LogP contribution is -2.47. The van der Waals surface area contributed by atoms with Crippen LogP contribution in [0.5, 0.6) is 5.75 Å². The van der Waals surface area contributed by atoms with Gasteiger partial charge in [0.05, 0.1) is 28.3 Å². The Bertz CT molecular complexity index is 1100. The largest absolute Gasteiger partial charge is 0.494 e. The van der Waals surface area contributed by atoms with Crippen LogP contribution in [0.25, 0.3) is 0 Å². The minimum atomic E-state index is -3.85. The van der Waals surface area contributed by atoms with Crippen LogP contribution in [0.3, 0.4) is 0 Å². The van der Waals surface area contributed by atoms with Crippen LogP contribution in [0, 0.1) is 0 Å². The second-order valence-electron chi connectivity index (χ2n) is 8.23. The van der Waals surface area contributed by atoms with Crippen molar-refractivity contribution in [2.45, 2.75) is 43.0 Å². The summed E-state index contributed by atoms with van der Waals surface area (Å²) in [5.74, 6) is 0.0184. The number of hydrogen-bond donors (Lipinski definition) is 1. The Hall–Kier alpha value is -1.94. The van der Waals surface area contributed by atoms with Gasteiger partial charge in [-0.3, -0.25) is 4.90 Å². The van der Waals surface area contributed by atoms with E-state index < -0.39 is 31.0 Å². The van der Waals surface area contributed by atoms with E-state index in [4.69, 9.17) is 4.74 Å². The van der Waals surface area contributed by atoms with E-state index >= 15 is 0 Å². The molecule has 3 rings (SSSR count). The first-order chi connectivity index (χ1) is 15.7. The summed E-state index contributed by atoms with van der Waals surface area (Å²) < 4.78 is 57.2. The molecule has 0 aliphatic carbocycles. The molecule has 1 N–H and O–H groups in total. The fourth-order valence-electron chi connectivity index (χ4n) is 4.44. The first-order valence-electron chi connectivity index (χ1n) is 11.4. The van der Waals surface area contributed by atoms with Crippen molar-refractivity contribution >= 4 is 19.7 Å². The molecule has 1 heterocycles. The molecule has 0 spiro atoms. The highest BCUT2D eigenvalue weighted by molar-refractivity contribution is 7.96. The SMILES string of the molecule is CCOc1ccc(S(=O)(=O)[C@H]2CS(=O)(=O)C[C@@H]2NCC(c2ccccc2)N(CC)CC)cc1. The highest BCUT2D eigenvalue weighted by atomic mass is 32.2. The molecule has 0 aromatic heterocycles. The molecule has 9 heteroatoms. The zero-order valence-corrected chi connectivity index (χ0v) is 21.1. The van der Waals surface area contributed by atoms with Crippen molar-refractivity contribution in [3.8, 4) is 5.75 Å². The second-order valence-corrected chi connectivity index (χ2v) is 12.5. The van der Waals surface area contributed by atoms with Gasteiger partial charge in [-0.2, -0.15) is 0 Å². The van der Waals surface area contributed by atoms with Crippen molar-refractivity contribution in [2.24, 2.45) is 0 Å². The van der Waals surface area contributed by atoms with Crippen LogP contribution in [0.2, 0.25) is 0 Å². The highest BCUT2D eigenvalue weighted by Gasteiger charge is 2.46. The van der Waals surface area contributed by atoms with E-state index in [1.165, 1.54) is 12.1 Å². The number of nitrogens with zero attached hydrogens (tertiary/aromatic N) is 1. The summed E-state index contributed by atoms with van der Waals surface area (Å²) in [6.45, 7) is 8.61. The standard InChI is InChI=1S/C24H34N2O5S2/c1-4-26(5-2)23(19-10-8-7-9-11-19)16-25-22-17-32(27,28)18-24(22)33(29,30)21-14-12-20(13-15-21)31-6-3/h7-15,22-25H,4-6,16-18H2,1-3H3/t22-,23?,24-/m0/s1. The molecule has 0 radical (unpaired) electrons. The topological polar surface area (TPSA) is 92.8 Å². The van der Waals surface area contributed by atoms with Crippen molar-refractivity contribution in [2.75, 3.05) is 37.7 Å². The Morgan fingerprint density at radius 2 is 1.64 bits per heavy atom. The Labute approximate surface area is 198 Å². The van der Waals surface area contributed by atoms with Crippen molar-refractivity contribution in [1.29, 1.82) is 0 Å². The van der Waals surface area contributed by atoms with Gasteiger partial charge < -0.3 is 10.1 Å². The van der Waals surface area contributed by atoms with E-state index in [2.05, 4.69) is 24.1 Å². The number of nitrogens with one attached hydrogen (secondary N) is 1. The summed E-state index contributed by atoms with van der Waals surface area (Å²) in [7, 11) is -7.32. The van der Waals surface area contributed by atoms with Gasteiger partial charge in [0.25, 0.3) is 0 Å². The first-order valence-corrected chi connectivity index (χ1v) is 14.8. The Kier molecular flexibility index (Phi) is 8.55. The minimum absolute atomic E-state index is 0.0123. The van der Waals surface area contributed by atoms with Gasteiger partial charge in [0.15, 0.2) is 19.7 Å². The number of benzene rings is 2. The number of likely N-dealkylation sites (N-methyl/N-ethyl adjacent to an activating group) is 1. The molecule has 33 heavy (non-hydrogen) atoms. The maximum absolute atomic E-state index is 13.4. The smallest absolute Gasteiger partial charge is 0.183 e. The first kappa shape index (κ1) is 25.7. The molecule has 2 aromatic rings. The van der Waals surface area contributed by atoms with Gasteiger partial charge in [-0.1, -0.05) is 44.2 Å². The summed E-state index contributed by atoms with van der Waals surface area (Å²) in [5, 5.41) is 2.28. The fraction of sp³-hybridized carbons (Fsp3) is 0.500. The summed E-state index contributed by atoms with van der Waals surface area (Å²) in [4.78, 5) is 2.39. The molecule has 2 aromatic carbocycles. The zero-order valence-electron chi connectivity index (χ0n) is 19.5. The molecule has 0 amide bonds. The molecule has 0 saturated carbocycles. The lowest BCUT2D eigenvalue weighted by Gasteiger charge is -2.32. The van der Waals surface area contributed by atoms with Crippen LogP contribution < -0.4 is 10.1 Å². The lowest BCUT2D eigenvalue weighted by atomic mass is 10.0. The van der Waals surface area contributed by atoms with Crippen LogP contribution in [0.4, 0.5) is 0 Å². The number of ether oxygens (including phenoxy) is 1. The van der Waals surface area contributed by atoms with Crippen molar-refractivity contribution < 1.29 is 21.6 Å². The number of sulfone groups is 2. The van der Waals surface area contributed by atoms with Crippen molar-refractivity contribution in [3.63, 3.8) is 0 Å². The summed E-state index contributed by atoms with van der Waals surface area (Å²) >= 11 is 0. The third kappa shape index (κ3) is 6.15. The van der Waals surface area contributed by atoms with Gasteiger partial charge in [-0.05, 0) is 49.8 Å². The number of hydrogen-bond acceptors (Lipinski definition) is 7. The van der Waals surface area contributed by atoms with E-state index in [0.717, 1.165) is 18.7 Å². The summed E-state index contributed by atoms with van der Waals surface area (Å²) in [6, 6.07) is 15.5. The normalized spacial score (nSPS) is 21.2. The van der Waals surface area contributed by atoms with Gasteiger partial charge >= 0.3 is 0 Å². The molecule has 1 aliphatic heterocycles. The Balaban J connectivity index is 1.84. The van der Waals surface area contributed by atoms with Gasteiger partial charge in [-0.25, -0.2) is 16.8 Å². The number of rotatable bonds is 11. The third-order valence-electron chi connectivity index (χ3n) is 6.17. The molecular weight excluding hydrogens is 460 g/mol. The molecule has 1 fully saturated rings. The van der Waals surface area contributed by atoms with Crippen LogP contribution in [-0.4, -0.2) is 70.8 Å². The predicted molar refractivity (Wildman–Crippen MR) is 131 cm³/mol. The fourth-order valence-corrected chi connectivity index (χ4v) is 9.16. The molecule has 0 bridgehead atoms. The summed E-state index contributed by atoms with van der Waals surface area (Å²) in [5.41, 5.74) is 1.11. The summed E-state index contributed by atoms with van der Waals surface area (Å²) in [6.07, 6.45) is 0. The zero-order chi connectivity index (χ0) is 24.1. The van der Waals surface area contributed by atoms with E-state index in [1.54, 1.807) is 12.1 Å². The van der Waals surface area contributed by atoms with E-state index in [0.29, 0.717) is 18.9 Å². The van der Waals surface area contributed by atoms with E-state index in [1.807, 2.05) is 37.3 Å². The van der Waals surface area contributed by atoms with Crippen LogP contribution in [0.15, 0.2) is 59.5 Å². The van der Waals surface area contributed by atoms with Crippen molar-refractivity contribution in [1.82, 2.24) is 10.2 Å². The molecule has 1 aliphatic rings. The van der Waals surface area contributed by atoms with Gasteiger partial charge in [0, 0.05) is 18.6 Å². The van der Waals surface area contributed by atoms with Gasteiger partial charge in [0.2, 0.25) is 0 Å². The molecule has 182 valence electrons. The average Bonchev–Trinajstić information content (AvgIpc) is 3.13. The molecule has 1 unspecified atom stereocenters. The molecular formula is C24H34N2O5S2. The third-order valence-corrected chi connectivity index (χ3v) is 10.3. The minimum Gasteiger partial charge on any atom is -0.494 e. The quantitative estimate of drug-likeness (QED) is 0.513. The maximum Gasteiger partial charge on any atom is 0.183 e. The van der Waals surface area contributed by atoms with Crippen LogP contribution in [0.1, 0.15) is 32.4 Å². The predicted octanol–water partition coefficient (Wildman–Crippen LogP) is 2.70. The van der Waals surface area contributed by atoms with Crippen LogP contribution >= 0.6 is 0 Å². The second kappa shape index (κ2) is 11.0. The monoisotopic (exact) mass is 494 g/mol. The average molecular weight is 495 g/mol. The highest BCUT2D eigenvalue weighted by Crippen LogP contribution is 2.28. The molecule has 1 saturated heterocycles.